The summed E-state index contributed by atoms with van der Waals surface area (Å²) >= 11 is 0. The fourth-order valence-corrected chi connectivity index (χ4v) is 3.43. The average Bonchev–Trinajstić information content (AvgIpc) is 2.80. The highest BCUT2D eigenvalue weighted by Crippen LogP contribution is 2.27. The highest BCUT2D eigenvalue weighted by Gasteiger charge is 2.14. The van der Waals surface area contributed by atoms with E-state index in [9.17, 15) is 0 Å². The lowest BCUT2D eigenvalue weighted by atomic mass is 10.1. The molecule has 3 rings (SSSR count). The van der Waals surface area contributed by atoms with Crippen LogP contribution in [0.1, 0.15) is 5.56 Å². The van der Waals surface area contributed by atoms with Crippen LogP contribution in [0.5, 0.6) is 0 Å². The fourth-order valence-electron chi connectivity index (χ4n) is 3.43. The molecule has 1 aliphatic carbocycles. The van der Waals surface area contributed by atoms with E-state index in [1.54, 1.807) is 21.3 Å². The van der Waals surface area contributed by atoms with E-state index in [0.717, 1.165) is 58.8 Å². The smallest absolute Gasteiger partial charge is 0.203 e. The number of anilines is 1. The zero-order valence-corrected chi connectivity index (χ0v) is 19.5. The molecule has 0 fully saturated rings. The molecular formula is C24H34N3O5+. The summed E-state index contributed by atoms with van der Waals surface area (Å²) in [6.45, 7) is 7.33. The monoisotopic (exact) mass is 444 g/mol. The van der Waals surface area contributed by atoms with Gasteiger partial charge in [-0.2, -0.15) is 0 Å². The number of hydrogen-bond acceptors (Lipinski definition) is 7. The Kier molecular flexibility index (Phi) is 9.43. The lowest BCUT2D eigenvalue weighted by Crippen LogP contribution is -2.35. The molecule has 8 heteroatoms. The predicted molar refractivity (Wildman–Crippen MR) is 125 cm³/mol. The third-order valence-electron chi connectivity index (χ3n) is 5.20. The largest absolute Gasteiger partial charge is 0.452 e. The normalized spacial score (nSPS) is 12.5. The molecule has 1 heterocycles. The summed E-state index contributed by atoms with van der Waals surface area (Å²) in [4.78, 5) is 4.81. The lowest BCUT2D eigenvalue weighted by Gasteiger charge is -2.12. The van der Waals surface area contributed by atoms with Gasteiger partial charge in [0.15, 0.2) is 24.4 Å². The minimum absolute atomic E-state index is 0.581. The Hall–Kier alpha value is -2.52. The summed E-state index contributed by atoms with van der Waals surface area (Å²) in [5, 5.41) is 4.43. The molecular weight excluding hydrogens is 410 g/mol. The molecule has 0 spiro atoms. The van der Waals surface area contributed by atoms with Gasteiger partial charge in [0.05, 0.1) is 25.9 Å². The van der Waals surface area contributed by atoms with Crippen LogP contribution in [-0.2, 0) is 18.9 Å². The number of ether oxygens (including phenoxy) is 4. The number of aromatic nitrogens is 1. The molecule has 1 aromatic rings. The van der Waals surface area contributed by atoms with Crippen LogP contribution in [0, 0.1) is 6.92 Å². The van der Waals surface area contributed by atoms with E-state index in [0.29, 0.717) is 33.0 Å². The maximum atomic E-state index is 6.26. The van der Waals surface area contributed by atoms with Crippen molar-refractivity contribution in [2.24, 2.45) is 0 Å². The first kappa shape index (κ1) is 24.1. The summed E-state index contributed by atoms with van der Waals surface area (Å²) in [6.07, 6.45) is 0. The number of aryl methyl sites for hydroxylation is 1. The van der Waals surface area contributed by atoms with E-state index in [-0.39, 0.29) is 0 Å². The molecule has 0 bridgehead atoms. The molecule has 0 unspecified atom stereocenters. The van der Waals surface area contributed by atoms with Gasteiger partial charge in [0.25, 0.3) is 0 Å². The van der Waals surface area contributed by atoms with Crippen LogP contribution in [0.15, 0.2) is 34.7 Å². The predicted octanol–water partition coefficient (Wildman–Crippen LogP) is 2.38. The lowest BCUT2D eigenvalue weighted by molar-refractivity contribution is 0.0689. The Labute approximate surface area is 189 Å². The molecule has 0 radical (unpaired) electrons. The van der Waals surface area contributed by atoms with Crippen LogP contribution in [0.3, 0.4) is 0 Å². The summed E-state index contributed by atoms with van der Waals surface area (Å²) in [5.41, 5.74) is 4.54. The van der Waals surface area contributed by atoms with Gasteiger partial charge in [-0.1, -0.05) is 0 Å². The Morgan fingerprint density at radius 3 is 2.47 bits per heavy atom. The molecule has 0 saturated carbocycles. The van der Waals surface area contributed by atoms with E-state index in [2.05, 4.69) is 22.9 Å². The molecule has 174 valence electrons. The van der Waals surface area contributed by atoms with Crippen molar-refractivity contribution in [1.82, 2.24) is 9.56 Å². The molecule has 8 nitrogen and oxygen atoms in total. The van der Waals surface area contributed by atoms with Gasteiger partial charge in [0, 0.05) is 45.7 Å². The van der Waals surface area contributed by atoms with Crippen LogP contribution in [0.2, 0.25) is 0 Å². The van der Waals surface area contributed by atoms with Gasteiger partial charge in [0.2, 0.25) is 5.36 Å². The Balaban J connectivity index is 1.93. The number of nitrogens with one attached hydrogen (secondary N) is 1. The van der Waals surface area contributed by atoms with Crippen molar-refractivity contribution in [2.45, 2.75) is 6.92 Å². The van der Waals surface area contributed by atoms with E-state index in [4.69, 9.17) is 28.3 Å². The quantitative estimate of drug-likeness (QED) is 0.246. The minimum atomic E-state index is 0.581. The van der Waals surface area contributed by atoms with Crippen LogP contribution in [-0.4, -0.2) is 79.0 Å². The van der Waals surface area contributed by atoms with Crippen molar-refractivity contribution in [2.75, 3.05) is 79.3 Å². The first-order chi connectivity index (χ1) is 15.7. The maximum absolute atomic E-state index is 6.26. The average molecular weight is 445 g/mol. The maximum Gasteiger partial charge on any atom is 0.203 e. The van der Waals surface area contributed by atoms with E-state index in [1.807, 2.05) is 24.3 Å². The van der Waals surface area contributed by atoms with Gasteiger partial charge in [-0.05, 0) is 24.6 Å². The zero-order valence-electron chi connectivity index (χ0n) is 19.5. The third-order valence-corrected chi connectivity index (χ3v) is 5.20. The van der Waals surface area contributed by atoms with Crippen molar-refractivity contribution < 1.29 is 23.4 Å². The molecule has 1 aliphatic heterocycles. The Morgan fingerprint density at radius 2 is 1.69 bits per heavy atom. The summed E-state index contributed by atoms with van der Waals surface area (Å²) < 4.78 is 29.6. The summed E-state index contributed by atoms with van der Waals surface area (Å²) in [6, 6.07) is 10.1. The second kappa shape index (κ2) is 12.5. The first-order valence-corrected chi connectivity index (χ1v) is 10.9. The van der Waals surface area contributed by atoms with Crippen molar-refractivity contribution >= 4 is 16.8 Å². The topological polar surface area (TPSA) is 78.0 Å². The van der Waals surface area contributed by atoms with Crippen molar-refractivity contribution in [3.05, 3.63) is 41.3 Å². The Morgan fingerprint density at radius 1 is 0.906 bits per heavy atom. The van der Waals surface area contributed by atoms with Gasteiger partial charge < -0.3 is 28.7 Å². The number of benzene rings is 2. The second-order valence-corrected chi connectivity index (χ2v) is 7.51. The van der Waals surface area contributed by atoms with Crippen LogP contribution < -0.4 is 15.2 Å². The van der Waals surface area contributed by atoms with Gasteiger partial charge in [0.1, 0.15) is 24.4 Å². The molecule has 1 aromatic carbocycles. The van der Waals surface area contributed by atoms with Crippen molar-refractivity contribution in [3.63, 3.8) is 0 Å². The molecule has 32 heavy (non-hydrogen) atoms. The van der Waals surface area contributed by atoms with Gasteiger partial charge in [-0.25, -0.2) is 9.56 Å². The number of nitrogens with zero attached hydrogens (tertiary/aromatic N) is 2. The van der Waals surface area contributed by atoms with Gasteiger partial charge >= 0.3 is 0 Å². The number of methoxy groups -OCH3 is 3. The van der Waals surface area contributed by atoms with Crippen LogP contribution in [0.4, 0.5) is 5.69 Å². The van der Waals surface area contributed by atoms with Crippen LogP contribution >= 0.6 is 0 Å². The van der Waals surface area contributed by atoms with Crippen LogP contribution in [0.25, 0.3) is 22.6 Å². The summed E-state index contributed by atoms with van der Waals surface area (Å²) in [7, 11) is 5.07. The molecule has 0 atom stereocenters. The SMILES string of the molecule is COCCNc1cc2oc3c/c(=[N+](\CCOC)CCOCCOC)ccc-3nc2cc1C. The van der Waals surface area contributed by atoms with Gasteiger partial charge in [-0.15, -0.1) is 0 Å². The third kappa shape index (κ3) is 6.49. The van der Waals surface area contributed by atoms with E-state index < -0.39 is 0 Å². The standard InChI is InChI=1S/C24H33N3O5/c1-18-15-22-24(17-21(18)25-7-10-28-2)32-23-16-19(5-6-20(23)26-22)27(8-11-29-3)9-12-31-14-13-30-4/h5-6,15-17H,7-14H2,1-4H3/p+1. The summed E-state index contributed by atoms with van der Waals surface area (Å²) in [5.74, 6) is 0.740. The molecule has 1 N–H and O–H groups in total. The molecule has 0 saturated heterocycles. The van der Waals surface area contributed by atoms with E-state index >= 15 is 0 Å². The first-order valence-electron chi connectivity index (χ1n) is 10.9. The number of fused-ring (bicyclic) bond motifs is 2. The van der Waals surface area contributed by atoms with Crippen molar-refractivity contribution in [1.29, 1.82) is 0 Å². The molecule has 0 aromatic heterocycles. The minimum Gasteiger partial charge on any atom is -0.452 e. The zero-order chi connectivity index (χ0) is 22.8. The molecule has 2 aliphatic rings. The van der Waals surface area contributed by atoms with E-state index in [1.165, 1.54) is 0 Å². The fraction of sp³-hybridized carbons (Fsp3) is 0.500. The molecule has 0 amide bonds. The highest BCUT2D eigenvalue weighted by atomic mass is 16.5. The van der Waals surface area contributed by atoms with Gasteiger partial charge in [-0.3, -0.25) is 0 Å². The number of hydrogen-bond donors (Lipinski definition) is 1. The highest BCUT2D eigenvalue weighted by molar-refractivity contribution is 5.81. The van der Waals surface area contributed by atoms with Crippen molar-refractivity contribution in [3.8, 4) is 11.5 Å². The Bertz CT molecular complexity index is 1030. The second-order valence-electron chi connectivity index (χ2n) is 7.51. The number of rotatable bonds is 13.